The van der Waals surface area contributed by atoms with E-state index in [1.165, 1.54) is 5.56 Å². The molecule has 5 heteroatoms. The number of carbonyl (C=O) groups is 1. The second-order valence-corrected chi connectivity index (χ2v) is 6.95. The van der Waals surface area contributed by atoms with E-state index in [-0.39, 0.29) is 18.1 Å². The SMILES string of the molecule is CN(CCNC(=O)N(C)CC1CCCCC1O)Cc1ccccc1. The predicted molar refractivity (Wildman–Crippen MR) is 96.8 cm³/mol. The van der Waals surface area contributed by atoms with Gasteiger partial charge in [-0.25, -0.2) is 4.79 Å². The quantitative estimate of drug-likeness (QED) is 0.805. The van der Waals surface area contributed by atoms with Crippen molar-refractivity contribution in [2.45, 2.75) is 38.3 Å². The van der Waals surface area contributed by atoms with Crippen molar-refractivity contribution in [1.29, 1.82) is 0 Å². The van der Waals surface area contributed by atoms with Crippen LogP contribution in [0, 0.1) is 5.92 Å². The first-order chi connectivity index (χ1) is 11.6. The number of hydrogen-bond acceptors (Lipinski definition) is 3. The van der Waals surface area contributed by atoms with Gasteiger partial charge in [0.05, 0.1) is 6.10 Å². The van der Waals surface area contributed by atoms with Gasteiger partial charge in [-0.05, 0) is 25.5 Å². The summed E-state index contributed by atoms with van der Waals surface area (Å²) in [6.45, 7) is 2.94. The zero-order chi connectivity index (χ0) is 17.4. The molecule has 2 atom stereocenters. The fraction of sp³-hybridized carbons (Fsp3) is 0.632. The molecule has 0 aliphatic heterocycles. The number of amides is 2. The van der Waals surface area contributed by atoms with E-state index in [1.54, 1.807) is 4.90 Å². The average Bonchev–Trinajstić information content (AvgIpc) is 2.57. The average molecular weight is 333 g/mol. The van der Waals surface area contributed by atoms with Gasteiger partial charge in [-0.1, -0.05) is 43.2 Å². The third kappa shape index (κ3) is 6.13. The highest BCUT2D eigenvalue weighted by molar-refractivity contribution is 5.73. The minimum Gasteiger partial charge on any atom is -0.393 e. The lowest BCUT2D eigenvalue weighted by molar-refractivity contribution is 0.0565. The summed E-state index contributed by atoms with van der Waals surface area (Å²) in [6, 6.07) is 10.3. The Morgan fingerprint density at radius 1 is 1.21 bits per heavy atom. The number of aliphatic hydroxyl groups is 1. The lowest BCUT2D eigenvalue weighted by atomic mass is 9.86. The molecule has 5 nitrogen and oxygen atoms in total. The van der Waals surface area contributed by atoms with E-state index in [1.807, 2.05) is 25.2 Å². The molecule has 134 valence electrons. The van der Waals surface area contributed by atoms with Crippen molar-refractivity contribution in [3.05, 3.63) is 35.9 Å². The summed E-state index contributed by atoms with van der Waals surface area (Å²) in [5, 5.41) is 13.0. The molecule has 1 aliphatic carbocycles. The molecule has 1 saturated carbocycles. The predicted octanol–water partition coefficient (Wildman–Crippen LogP) is 2.31. The van der Waals surface area contributed by atoms with Crippen LogP contribution in [0.5, 0.6) is 0 Å². The number of nitrogens with zero attached hydrogens (tertiary/aromatic N) is 2. The second-order valence-electron chi connectivity index (χ2n) is 6.95. The fourth-order valence-electron chi connectivity index (χ4n) is 3.30. The van der Waals surface area contributed by atoms with Crippen LogP contribution in [0.2, 0.25) is 0 Å². The van der Waals surface area contributed by atoms with E-state index in [9.17, 15) is 9.90 Å². The number of likely N-dealkylation sites (N-methyl/N-ethyl adjacent to an activating group) is 1. The molecule has 0 bridgehead atoms. The number of benzene rings is 1. The van der Waals surface area contributed by atoms with E-state index < -0.39 is 0 Å². The van der Waals surface area contributed by atoms with E-state index in [2.05, 4.69) is 29.4 Å². The van der Waals surface area contributed by atoms with Gasteiger partial charge in [-0.15, -0.1) is 0 Å². The molecule has 2 N–H and O–H groups in total. The maximum Gasteiger partial charge on any atom is 0.317 e. The first kappa shape index (κ1) is 18.7. The van der Waals surface area contributed by atoms with Gasteiger partial charge in [0.15, 0.2) is 0 Å². The molecule has 0 heterocycles. The Morgan fingerprint density at radius 2 is 1.92 bits per heavy atom. The monoisotopic (exact) mass is 333 g/mol. The fourth-order valence-corrected chi connectivity index (χ4v) is 3.30. The summed E-state index contributed by atoms with van der Waals surface area (Å²) in [6.07, 6.45) is 3.87. The molecule has 1 aliphatic rings. The normalized spacial score (nSPS) is 20.8. The van der Waals surface area contributed by atoms with Gasteiger partial charge < -0.3 is 20.2 Å². The van der Waals surface area contributed by atoms with Crippen molar-refractivity contribution in [2.24, 2.45) is 5.92 Å². The summed E-state index contributed by atoms with van der Waals surface area (Å²) in [5.41, 5.74) is 1.27. The molecule has 0 aromatic heterocycles. The highest BCUT2D eigenvalue weighted by Crippen LogP contribution is 2.24. The Bertz CT molecular complexity index is 495. The smallest absolute Gasteiger partial charge is 0.317 e. The van der Waals surface area contributed by atoms with Crippen LogP contribution >= 0.6 is 0 Å². The molecule has 0 saturated heterocycles. The number of nitrogens with one attached hydrogen (secondary N) is 1. The Hall–Kier alpha value is -1.59. The zero-order valence-electron chi connectivity index (χ0n) is 14.9. The van der Waals surface area contributed by atoms with Crippen LogP contribution in [0.25, 0.3) is 0 Å². The van der Waals surface area contributed by atoms with Crippen LogP contribution in [-0.4, -0.2) is 60.8 Å². The summed E-state index contributed by atoms with van der Waals surface area (Å²) in [4.78, 5) is 16.1. The Morgan fingerprint density at radius 3 is 2.62 bits per heavy atom. The molecule has 24 heavy (non-hydrogen) atoms. The highest BCUT2D eigenvalue weighted by Gasteiger charge is 2.25. The van der Waals surface area contributed by atoms with Crippen LogP contribution in [0.3, 0.4) is 0 Å². The van der Waals surface area contributed by atoms with Crippen LogP contribution < -0.4 is 5.32 Å². The summed E-state index contributed by atoms with van der Waals surface area (Å²) in [7, 11) is 3.87. The minimum absolute atomic E-state index is 0.0547. The maximum absolute atomic E-state index is 12.2. The Kier molecular flexibility index (Phi) is 7.53. The Balaban J connectivity index is 1.64. The van der Waals surface area contributed by atoms with Crippen LogP contribution in [0.4, 0.5) is 4.79 Å². The summed E-state index contributed by atoms with van der Waals surface area (Å²) < 4.78 is 0. The standard InChI is InChI=1S/C19H31N3O2/c1-21(14-16-8-4-3-5-9-16)13-12-20-19(24)22(2)15-17-10-6-7-11-18(17)23/h3-5,8-9,17-18,23H,6-7,10-15H2,1-2H3,(H,20,24). The number of aliphatic hydroxyl groups excluding tert-OH is 1. The third-order valence-electron chi connectivity index (χ3n) is 4.79. The van der Waals surface area contributed by atoms with Gasteiger partial charge in [-0.2, -0.15) is 0 Å². The summed E-state index contributed by atoms with van der Waals surface area (Å²) in [5.74, 6) is 0.218. The molecule has 2 rings (SSSR count). The van der Waals surface area contributed by atoms with Crippen LogP contribution in [0.1, 0.15) is 31.2 Å². The Labute approximate surface area is 145 Å². The molecular weight excluding hydrogens is 302 g/mol. The number of urea groups is 1. The highest BCUT2D eigenvalue weighted by atomic mass is 16.3. The first-order valence-corrected chi connectivity index (χ1v) is 8.95. The van der Waals surface area contributed by atoms with Gasteiger partial charge >= 0.3 is 6.03 Å². The molecule has 1 aromatic carbocycles. The largest absolute Gasteiger partial charge is 0.393 e. The van der Waals surface area contributed by atoms with Crippen LogP contribution in [-0.2, 0) is 6.54 Å². The molecule has 0 spiro atoms. The van der Waals surface area contributed by atoms with E-state index in [4.69, 9.17) is 0 Å². The van der Waals surface area contributed by atoms with Crippen LogP contribution in [0.15, 0.2) is 30.3 Å². The van der Waals surface area contributed by atoms with Gasteiger partial charge in [0.2, 0.25) is 0 Å². The maximum atomic E-state index is 12.2. The second kappa shape index (κ2) is 9.64. The van der Waals surface area contributed by atoms with E-state index >= 15 is 0 Å². The van der Waals surface area contributed by atoms with Crippen molar-refractivity contribution >= 4 is 6.03 Å². The lowest BCUT2D eigenvalue weighted by Gasteiger charge is -2.31. The summed E-state index contributed by atoms with van der Waals surface area (Å²) >= 11 is 0. The topological polar surface area (TPSA) is 55.8 Å². The van der Waals surface area contributed by atoms with Gasteiger partial charge in [-0.3, -0.25) is 0 Å². The molecule has 2 amide bonds. The number of carbonyl (C=O) groups excluding carboxylic acids is 1. The molecule has 2 unspecified atom stereocenters. The minimum atomic E-state index is -0.258. The zero-order valence-corrected chi connectivity index (χ0v) is 14.9. The van der Waals surface area contributed by atoms with E-state index in [0.29, 0.717) is 13.1 Å². The first-order valence-electron chi connectivity index (χ1n) is 8.95. The number of hydrogen-bond donors (Lipinski definition) is 2. The van der Waals surface area contributed by atoms with Crippen molar-refractivity contribution in [3.63, 3.8) is 0 Å². The van der Waals surface area contributed by atoms with E-state index in [0.717, 1.165) is 38.8 Å². The van der Waals surface area contributed by atoms with Gasteiger partial charge in [0.1, 0.15) is 0 Å². The van der Waals surface area contributed by atoms with Gasteiger partial charge in [0.25, 0.3) is 0 Å². The molecule has 0 radical (unpaired) electrons. The third-order valence-corrected chi connectivity index (χ3v) is 4.79. The lowest BCUT2D eigenvalue weighted by Crippen LogP contribution is -2.44. The van der Waals surface area contributed by atoms with Gasteiger partial charge in [0, 0.05) is 39.1 Å². The van der Waals surface area contributed by atoms with Crippen molar-refractivity contribution in [2.75, 3.05) is 33.7 Å². The van der Waals surface area contributed by atoms with Crippen molar-refractivity contribution in [3.8, 4) is 0 Å². The molecule has 1 aromatic rings. The van der Waals surface area contributed by atoms with Crippen molar-refractivity contribution in [1.82, 2.24) is 15.1 Å². The van der Waals surface area contributed by atoms with Crippen molar-refractivity contribution < 1.29 is 9.90 Å². The molecule has 1 fully saturated rings. The number of rotatable bonds is 7. The molecular formula is C19H31N3O2.